The van der Waals surface area contributed by atoms with Crippen molar-refractivity contribution in [3.63, 3.8) is 0 Å². The largest absolute Gasteiger partial charge is 0.451 e. The fraction of sp³-hybridized carbons (Fsp3) is 0.0357. The Balaban J connectivity index is 1.27. The molecule has 0 aliphatic carbocycles. The van der Waals surface area contributed by atoms with E-state index in [1.807, 2.05) is 37.3 Å². The molecule has 1 aliphatic rings. The minimum Gasteiger partial charge on any atom is -0.451 e. The van der Waals surface area contributed by atoms with E-state index >= 15 is 0 Å². The number of aromatic amines is 2. The number of nitrogens with zero attached hydrogens (tertiary/aromatic N) is 1. The number of H-pyrrole nitrogens is 2. The summed E-state index contributed by atoms with van der Waals surface area (Å²) in [5.41, 5.74) is 7.09. The molecule has 0 amide bonds. The summed E-state index contributed by atoms with van der Waals surface area (Å²) in [6.45, 7) is 2.02. The second-order valence-electron chi connectivity index (χ2n) is 8.79. The fourth-order valence-corrected chi connectivity index (χ4v) is 4.68. The van der Waals surface area contributed by atoms with E-state index in [-0.39, 0.29) is 11.6 Å². The van der Waals surface area contributed by atoms with E-state index in [0.717, 1.165) is 55.6 Å². The predicted octanol–water partition coefficient (Wildman–Crippen LogP) is 7.81. The van der Waals surface area contributed by atoms with Gasteiger partial charge in [-0.3, -0.25) is 0 Å². The van der Waals surface area contributed by atoms with Crippen molar-refractivity contribution < 1.29 is 13.5 Å². The maximum Gasteiger partial charge on any atom is 0.174 e. The molecular formula is C28H18F2N4O. The molecule has 0 radical (unpaired) electrons. The van der Waals surface area contributed by atoms with Crippen molar-refractivity contribution in [2.45, 2.75) is 6.92 Å². The number of aryl methyl sites for hydroxylation is 1. The van der Waals surface area contributed by atoms with Crippen LogP contribution in [0.1, 0.15) is 5.56 Å². The molecule has 35 heavy (non-hydrogen) atoms. The highest BCUT2D eigenvalue weighted by Gasteiger charge is 2.21. The third-order valence-corrected chi connectivity index (χ3v) is 6.42. The van der Waals surface area contributed by atoms with Gasteiger partial charge in [-0.05, 0) is 79.2 Å². The number of halogens is 2. The summed E-state index contributed by atoms with van der Waals surface area (Å²) >= 11 is 0. The highest BCUT2D eigenvalue weighted by atomic mass is 19.1. The van der Waals surface area contributed by atoms with E-state index in [4.69, 9.17) is 4.74 Å². The molecular weight excluding hydrogens is 446 g/mol. The number of anilines is 2. The van der Waals surface area contributed by atoms with Crippen LogP contribution < -0.4 is 10.1 Å². The van der Waals surface area contributed by atoms with Gasteiger partial charge in [0.25, 0.3) is 0 Å². The van der Waals surface area contributed by atoms with Crippen LogP contribution in [0, 0.1) is 18.6 Å². The van der Waals surface area contributed by atoms with Gasteiger partial charge in [0.1, 0.15) is 11.6 Å². The highest BCUT2D eigenvalue weighted by Crippen LogP contribution is 2.45. The molecule has 0 saturated heterocycles. The third-order valence-electron chi connectivity index (χ3n) is 6.42. The first-order chi connectivity index (χ1) is 17.0. The van der Waals surface area contributed by atoms with Crippen LogP contribution in [0.3, 0.4) is 0 Å². The lowest BCUT2D eigenvalue weighted by atomic mass is 10.0. The highest BCUT2D eigenvalue weighted by molar-refractivity contribution is 5.89. The maximum absolute atomic E-state index is 13.7. The summed E-state index contributed by atoms with van der Waals surface area (Å²) in [4.78, 5) is 11.2. The average molecular weight is 464 g/mol. The number of rotatable bonds is 2. The minimum absolute atomic E-state index is 0.266. The summed E-state index contributed by atoms with van der Waals surface area (Å²) in [5.74, 6) is 1.34. The van der Waals surface area contributed by atoms with Gasteiger partial charge in [-0.1, -0.05) is 0 Å². The first-order valence-corrected chi connectivity index (χ1v) is 11.2. The second-order valence-corrected chi connectivity index (χ2v) is 8.79. The first kappa shape index (κ1) is 19.8. The van der Waals surface area contributed by atoms with Crippen molar-refractivity contribution in [2.24, 2.45) is 0 Å². The van der Waals surface area contributed by atoms with Gasteiger partial charge in [-0.25, -0.2) is 13.8 Å². The number of benzene rings is 3. The molecule has 6 aromatic rings. The molecule has 170 valence electrons. The van der Waals surface area contributed by atoms with Gasteiger partial charge in [0, 0.05) is 50.5 Å². The SMILES string of the molecule is Cc1cc2c(cc1-c1cc3cc(F)ccc3[nH]1)Oc1cc(-c3cc4cc(F)ccc4[nH]3)cnc1N2. The molecule has 0 unspecified atom stereocenters. The van der Waals surface area contributed by atoms with Crippen LogP contribution in [0.5, 0.6) is 11.5 Å². The molecule has 5 nitrogen and oxygen atoms in total. The van der Waals surface area contributed by atoms with Crippen LogP contribution in [-0.2, 0) is 0 Å². The summed E-state index contributed by atoms with van der Waals surface area (Å²) < 4.78 is 33.5. The molecule has 0 saturated carbocycles. The zero-order valence-electron chi connectivity index (χ0n) is 18.5. The number of nitrogens with one attached hydrogen (secondary N) is 3. The normalized spacial score (nSPS) is 12.3. The Labute approximate surface area is 198 Å². The summed E-state index contributed by atoms with van der Waals surface area (Å²) in [5, 5.41) is 4.96. The van der Waals surface area contributed by atoms with Crippen LogP contribution in [0.2, 0.25) is 0 Å². The second kappa shape index (κ2) is 7.17. The number of hydrogen-bond donors (Lipinski definition) is 3. The van der Waals surface area contributed by atoms with Crippen molar-refractivity contribution in [3.8, 4) is 34.0 Å². The molecule has 0 spiro atoms. The number of fused-ring (bicyclic) bond motifs is 4. The number of hydrogen-bond acceptors (Lipinski definition) is 3. The van der Waals surface area contributed by atoms with Gasteiger partial charge in [-0.2, -0.15) is 0 Å². The lowest BCUT2D eigenvalue weighted by Gasteiger charge is -2.23. The van der Waals surface area contributed by atoms with Gasteiger partial charge in [0.05, 0.1) is 5.69 Å². The summed E-state index contributed by atoms with van der Waals surface area (Å²) in [7, 11) is 0. The van der Waals surface area contributed by atoms with Crippen molar-refractivity contribution >= 4 is 33.3 Å². The maximum atomic E-state index is 13.7. The van der Waals surface area contributed by atoms with Crippen LogP contribution >= 0.6 is 0 Å². The summed E-state index contributed by atoms with van der Waals surface area (Å²) in [6.07, 6.45) is 1.76. The Morgan fingerprint density at radius 1 is 0.743 bits per heavy atom. The van der Waals surface area contributed by atoms with Crippen molar-refractivity contribution in [2.75, 3.05) is 5.32 Å². The third kappa shape index (κ3) is 3.24. The number of aromatic nitrogens is 3. The standard InChI is InChI=1S/C28H18F2N4O/c1-14-6-25-26(12-20(14)24-10-16-8-19(30)3-5-22(16)33-24)35-27-11-17(13-31-28(27)34-25)23-9-15-7-18(29)2-4-21(15)32-23/h2-13,32-33H,1H3,(H,31,34). The van der Waals surface area contributed by atoms with Gasteiger partial charge in [0.2, 0.25) is 0 Å². The quantitative estimate of drug-likeness (QED) is 0.244. The molecule has 7 rings (SSSR count). The first-order valence-electron chi connectivity index (χ1n) is 11.2. The lowest BCUT2D eigenvalue weighted by Crippen LogP contribution is -2.06. The number of pyridine rings is 1. The molecule has 0 bridgehead atoms. The Hall–Kier alpha value is -4.65. The van der Waals surface area contributed by atoms with Crippen LogP contribution in [0.4, 0.5) is 20.3 Å². The van der Waals surface area contributed by atoms with Crippen LogP contribution in [0.15, 0.2) is 72.9 Å². The van der Waals surface area contributed by atoms with E-state index in [0.29, 0.717) is 17.3 Å². The molecule has 0 atom stereocenters. The smallest absolute Gasteiger partial charge is 0.174 e. The lowest BCUT2D eigenvalue weighted by molar-refractivity contribution is 0.479. The van der Waals surface area contributed by atoms with Crippen molar-refractivity contribution in [1.82, 2.24) is 15.0 Å². The Morgan fingerprint density at radius 2 is 1.43 bits per heavy atom. The monoisotopic (exact) mass is 464 g/mol. The van der Waals surface area contributed by atoms with Gasteiger partial charge in [0.15, 0.2) is 17.3 Å². The van der Waals surface area contributed by atoms with Gasteiger partial charge in [-0.15, -0.1) is 0 Å². The predicted molar refractivity (Wildman–Crippen MR) is 133 cm³/mol. The average Bonchev–Trinajstić information content (AvgIpc) is 3.45. The van der Waals surface area contributed by atoms with Crippen LogP contribution in [0.25, 0.3) is 44.3 Å². The van der Waals surface area contributed by atoms with Crippen molar-refractivity contribution in [3.05, 3.63) is 90.1 Å². The van der Waals surface area contributed by atoms with Crippen LogP contribution in [-0.4, -0.2) is 15.0 Å². The molecule has 3 aromatic heterocycles. The summed E-state index contributed by atoms with van der Waals surface area (Å²) in [6, 6.07) is 19.1. The van der Waals surface area contributed by atoms with E-state index in [1.54, 1.807) is 18.3 Å². The molecule has 4 heterocycles. The zero-order chi connectivity index (χ0) is 23.7. The molecule has 3 aromatic carbocycles. The van der Waals surface area contributed by atoms with Gasteiger partial charge < -0.3 is 20.0 Å². The Kier molecular flexibility index (Phi) is 4.05. The molecule has 7 heteroatoms. The Bertz CT molecular complexity index is 1800. The van der Waals surface area contributed by atoms with E-state index in [1.165, 1.54) is 24.3 Å². The van der Waals surface area contributed by atoms with Gasteiger partial charge >= 0.3 is 0 Å². The zero-order valence-corrected chi connectivity index (χ0v) is 18.5. The topological polar surface area (TPSA) is 65.7 Å². The molecule has 1 aliphatic heterocycles. The number of ether oxygens (including phenoxy) is 1. The molecule has 0 fully saturated rings. The van der Waals surface area contributed by atoms with Crippen molar-refractivity contribution in [1.29, 1.82) is 0 Å². The van der Waals surface area contributed by atoms with E-state index < -0.39 is 0 Å². The fourth-order valence-electron chi connectivity index (χ4n) is 4.68. The Morgan fingerprint density at radius 3 is 2.17 bits per heavy atom. The minimum atomic E-state index is -0.276. The van der Waals surface area contributed by atoms with E-state index in [2.05, 4.69) is 20.3 Å². The molecule has 3 N–H and O–H groups in total. The van der Waals surface area contributed by atoms with E-state index in [9.17, 15) is 8.78 Å².